The molecule has 0 bridgehead atoms. The first-order valence-electron chi connectivity index (χ1n) is 7.43. The van der Waals surface area contributed by atoms with E-state index in [-0.39, 0.29) is 10.9 Å². The van der Waals surface area contributed by atoms with Gasteiger partial charge in [-0.1, -0.05) is 37.8 Å². The van der Waals surface area contributed by atoms with Crippen molar-refractivity contribution >= 4 is 27.3 Å². The summed E-state index contributed by atoms with van der Waals surface area (Å²) in [5, 5.41) is 0.381. The molecule has 0 spiro atoms. The lowest BCUT2D eigenvalue weighted by Gasteiger charge is -2.31. The van der Waals surface area contributed by atoms with Crippen LogP contribution in [0.3, 0.4) is 0 Å². The number of anilines is 1. The van der Waals surface area contributed by atoms with Gasteiger partial charge in [0.25, 0.3) is 0 Å². The van der Waals surface area contributed by atoms with Crippen LogP contribution in [0, 0.1) is 12.8 Å². The van der Waals surface area contributed by atoms with Gasteiger partial charge in [-0.3, -0.25) is 0 Å². The Bertz CT molecular complexity index is 593. The van der Waals surface area contributed by atoms with Crippen molar-refractivity contribution in [3.8, 4) is 0 Å². The fourth-order valence-electron chi connectivity index (χ4n) is 2.95. The highest BCUT2D eigenvalue weighted by Gasteiger charge is 2.28. The summed E-state index contributed by atoms with van der Waals surface area (Å²) < 4.78 is 27.9. The van der Waals surface area contributed by atoms with Crippen molar-refractivity contribution in [2.75, 3.05) is 5.73 Å². The van der Waals surface area contributed by atoms with Crippen LogP contribution in [-0.4, -0.2) is 14.5 Å². The molecule has 2 atom stereocenters. The molecule has 0 radical (unpaired) electrons. The predicted molar refractivity (Wildman–Crippen MR) is 87.0 cm³/mol. The second-order valence-corrected chi connectivity index (χ2v) is 7.92. The average molecular weight is 331 g/mol. The van der Waals surface area contributed by atoms with Crippen molar-refractivity contribution < 1.29 is 8.42 Å². The number of nitrogens with two attached hydrogens (primary N) is 1. The van der Waals surface area contributed by atoms with E-state index in [9.17, 15) is 8.42 Å². The second-order valence-electron chi connectivity index (χ2n) is 5.80. The fourth-order valence-corrected chi connectivity index (χ4v) is 4.64. The molecule has 1 aliphatic carbocycles. The first kappa shape index (κ1) is 16.6. The average Bonchev–Trinajstić information content (AvgIpc) is 2.44. The predicted octanol–water partition coefficient (Wildman–Crippen LogP) is 3.48. The molecule has 0 saturated heterocycles. The number of nitrogen functional groups attached to an aromatic ring is 1. The van der Waals surface area contributed by atoms with Gasteiger partial charge in [-0.15, -0.1) is 0 Å². The Morgan fingerprint density at radius 2 is 2.00 bits per heavy atom. The monoisotopic (exact) mass is 330 g/mol. The van der Waals surface area contributed by atoms with Crippen LogP contribution >= 0.6 is 11.6 Å². The van der Waals surface area contributed by atoms with Gasteiger partial charge in [-0.25, -0.2) is 13.1 Å². The molecule has 21 heavy (non-hydrogen) atoms. The smallest absolute Gasteiger partial charge is 0.240 e. The van der Waals surface area contributed by atoms with Gasteiger partial charge >= 0.3 is 0 Å². The van der Waals surface area contributed by atoms with E-state index in [0.29, 0.717) is 22.2 Å². The van der Waals surface area contributed by atoms with E-state index >= 15 is 0 Å². The van der Waals surface area contributed by atoms with Crippen LogP contribution in [0.2, 0.25) is 5.02 Å². The number of hydrogen-bond acceptors (Lipinski definition) is 3. The van der Waals surface area contributed by atoms with Crippen LogP contribution in [-0.2, 0) is 10.0 Å². The Hall–Kier alpha value is -0.780. The van der Waals surface area contributed by atoms with Gasteiger partial charge in [0.15, 0.2) is 0 Å². The van der Waals surface area contributed by atoms with Gasteiger partial charge in [0.2, 0.25) is 10.0 Å². The molecule has 1 fully saturated rings. The van der Waals surface area contributed by atoms with E-state index < -0.39 is 10.0 Å². The first-order chi connectivity index (χ1) is 9.85. The van der Waals surface area contributed by atoms with Gasteiger partial charge in [0.1, 0.15) is 0 Å². The number of sulfonamides is 1. The van der Waals surface area contributed by atoms with Gasteiger partial charge in [0, 0.05) is 16.8 Å². The molecule has 6 heteroatoms. The zero-order chi connectivity index (χ0) is 15.6. The third-order valence-electron chi connectivity index (χ3n) is 4.41. The molecule has 0 amide bonds. The lowest BCUT2D eigenvalue weighted by Crippen LogP contribution is -2.41. The highest BCUT2D eigenvalue weighted by molar-refractivity contribution is 7.89. The van der Waals surface area contributed by atoms with Crippen LogP contribution in [0.1, 0.15) is 44.6 Å². The topological polar surface area (TPSA) is 72.2 Å². The quantitative estimate of drug-likeness (QED) is 0.830. The molecule has 1 aliphatic rings. The Morgan fingerprint density at radius 1 is 1.33 bits per heavy atom. The van der Waals surface area contributed by atoms with Crippen LogP contribution in [0.25, 0.3) is 0 Å². The van der Waals surface area contributed by atoms with Crippen molar-refractivity contribution in [3.05, 3.63) is 22.7 Å². The molecule has 1 saturated carbocycles. The molecule has 0 heterocycles. The lowest BCUT2D eigenvalue weighted by atomic mass is 9.83. The van der Waals surface area contributed by atoms with E-state index in [0.717, 1.165) is 25.7 Å². The summed E-state index contributed by atoms with van der Waals surface area (Å²) in [6.07, 6.45) is 5.22. The number of benzene rings is 1. The Labute approximate surface area is 132 Å². The normalized spacial score (nSPS) is 23.2. The summed E-state index contributed by atoms with van der Waals surface area (Å²) in [6.45, 7) is 3.88. The van der Waals surface area contributed by atoms with Gasteiger partial charge < -0.3 is 5.73 Å². The molecule has 2 rings (SSSR count). The maximum atomic E-state index is 12.6. The minimum atomic E-state index is -3.58. The Morgan fingerprint density at radius 3 is 2.62 bits per heavy atom. The van der Waals surface area contributed by atoms with Crippen LogP contribution in [0.4, 0.5) is 5.69 Å². The van der Waals surface area contributed by atoms with Crippen molar-refractivity contribution in [2.45, 2.75) is 56.9 Å². The zero-order valence-corrected chi connectivity index (χ0v) is 14.1. The number of halogens is 1. The Kier molecular flexibility index (Phi) is 5.17. The van der Waals surface area contributed by atoms with E-state index in [1.165, 1.54) is 18.6 Å². The van der Waals surface area contributed by atoms with E-state index in [4.69, 9.17) is 17.3 Å². The molecular formula is C15H23ClN2O2S. The second kappa shape index (κ2) is 6.55. The molecule has 0 aliphatic heterocycles. The minimum Gasteiger partial charge on any atom is -0.398 e. The van der Waals surface area contributed by atoms with Crippen LogP contribution in [0.5, 0.6) is 0 Å². The molecule has 1 aromatic carbocycles. The largest absolute Gasteiger partial charge is 0.398 e. The summed E-state index contributed by atoms with van der Waals surface area (Å²) in [5.41, 5.74) is 6.94. The van der Waals surface area contributed by atoms with E-state index in [2.05, 4.69) is 11.6 Å². The summed E-state index contributed by atoms with van der Waals surface area (Å²) in [5.74, 6) is 0.409. The fraction of sp³-hybridized carbons (Fsp3) is 0.600. The number of nitrogens with one attached hydrogen (secondary N) is 1. The molecule has 2 unspecified atom stereocenters. The molecule has 4 nitrogen and oxygen atoms in total. The van der Waals surface area contributed by atoms with Gasteiger partial charge in [-0.2, -0.15) is 0 Å². The highest BCUT2D eigenvalue weighted by Crippen LogP contribution is 2.30. The van der Waals surface area contributed by atoms with Crippen molar-refractivity contribution in [1.29, 1.82) is 0 Å². The molecular weight excluding hydrogens is 308 g/mol. The standard InChI is InChI=1S/C15H23ClN2O2S/c1-3-11-6-4-5-7-15(11)18-21(19,20)12-8-13(16)10(2)14(17)9-12/h8-9,11,15,18H,3-7,17H2,1-2H3. The van der Waals surface area contributed by atoms with Crippen molar-refractivity contribution in [2.24, 2.45) is 5.92 Å². The molecule has 118 valence electrons. The maximum Gasteiger partial charge on any atom is 0.240 e. The third-order valence-corrected chi connectivity index (χ3v) is 6.27. The highest BCUT2D eigenvalue weighted by atomic mass is 35.5. The van der Waals surface area contributed by atoms with E-state index in [1.807, 2.05) is 0 Å². The maximum absolute atomic E-state index is 12.6. The summed E-state index contributed by atoms with van der Waals surface area (Å²) in [4.78, 5) is 0.149. The summed E-state index contributed by atoms with van der Waals surface area (Å²) in [6, 6.07) is 2.96. The number of rotatable bonds is 4. The minimum absolute atomic E-state index is 0.00931. The van der Waals surface area contributed by atoms with Crippen molar-refractivity contribution in [3.63, 3.8) is 0 Å². The first-order valence-corrected chi connectivity index (χ1v) is 9.29. The summed E-state index contributed by atoms with van der Waals surface area (Å²) >= 11 is 6.05. The molecule has 1 aromatic rings. The van der Waals surface area contributed by atoms with Crippen LogP contribution in [0.15, 0.2) is 17.0 Å². The molecule has 0 aromatic heterocycles. The van der Waals surface area contributed by atoms with Gasteiger partial charge in [0.05, 0.1) is 4.90 Å². The van der Waals surface area contributed by atoms with Crippen molar-refractivity contribution in [1.82, 2.24) is 4.72 Å². The van der Waals surface area contributed by atoms with Crippen LogP contribution < -0.4 is 10.5 Å². The zero-order valence-electron chi connectivity index (χ0n) is 12.5. The number of hydrogen-bond donors (Lipinski definition) is 2. The molecule has 3 N–H and O–H groups in total. The third kappa shape index (κ3) is 3.71. The Balaban J connectivity index is 2.26. The van der Waals surface area contributed by atoms with Gasteiger partial charge in [-0.05, 0) is 43.4 Å². The SMILES string of the molecule is CCC1CCCCC1NS(=O)(=O)c1cc(N)c(C)c(Cl)c1. The van der Waals surface area contributed by atoms with E-state index in [1.54, 1.807) is 6.92 Å². The lowest BCUT2D eigenvalue weighted by molar-refractivity contribution is 0.282. The summed E-state index contributed by atoms with van der Waals surface area (Å²) in [7, 11) is -3.58.